The smallest absolute Gasteiger partial charge is 0.266 e. The number of thiocarbonyl (C=S) groups is 1. The van der Waals surface area contributed by atoms with Crippen molar-refractivity contribution >= 4 is 57.1 Å². The average molecular weight is 444 g/mol. The molecule has 2 aliphatic rings. The summed E-state index contributed by atoms with van der Waals surface area (Å²) in [5.41, 5.74) is 1.91. The summed E-state index contributed by atoms with van der Waals surface area (Å²) in [6.07, 6.45) is 7.20. The number of ether oxygens (including phenoxy) is 1. The van der Waals surface area contributed by atoms with E-state index >= 15 is 0 Å². The average Bonchev–Trinajstić information content (AvgIpc) is 3.24. The van der Waals surface area contributed by atoms with E-state index in [9.17, 15) is 9.59 Å². The van der Waals surface area contributed by atoms with E-state index in [1.165, 1.54) is 18.2 Å². The molecule has 0 unspecified atom stereocenters. The fraction of sp³-hybridized carbons (Fsp3) is 0.409. The number of hydrogen-bond donors (Lipinski definition) is 0. The van der Waals surface area contributed by atoms with Crippen LogP contribution in [0.1, 0.15) is 24.8 Å². The van der Waals surface area contributed by atoms with Crippen LogP contribution in [0, 0.1) is 0 Å². The highest BCUT2D eigenvalue weighted by Crippen LogP contribution is 2.34. The van der Waals surface area contributed by atoms with E-state index < -0.39 is 0 Å². The van der Waals surface area contributed by atoms with Gasteiger partial charge in [-0.05, 0) is 31.4 Å². The first kappa shape index (κ1) is 21.1. The molecule has 1 aromatic carbocycles. The van der Waals surface area contributed by atoms with Crippen LogP contribution in [0.3, 0.4) is 0 Å². The van der Waals surface area contributed by atoms with E-state index in [0.717, 1.165) is 42.4 Å². The number of benzene rings is 1. The number of piperidine rings is 1. The second kappa shape index (κ2) is 9.32. The maximum atomic E-state index is 12.8. The van der Waals surface area contributed by atoms with Gasteiger partial charge in [-0.15, -0.1) is 0 Å². The number of nitrogens with zero attached hydrogens (tertiary/aromatic N) is 3. The zero-order valence-corrected chi connectivity index (χ0v) is 18.6. The summed E-state index contributed by atoms with van der Waals surface area (Å²) in [6, 6.07) is 7.98. The lowest BCUT2D eigenvalue weighted by molar-refractivity contribution is -0.132. The van der Waals surface area contributed by atoms with E-state index in [4.69, 9.17) is 17.0 Å². The Morgan fingerprint density at radius 3 is 2.77 bits per heavy atom. The summed E-state index contributed by atoms with van der Waals surface area (Å²) < 4.78 is 7.62. The van der Waals surface area contributed by atoms with E-state index in [0.29, 0.717) is 28.9 Å². The summed E-state index contributed by atoms with van der Waals surface area (Å²) in [7, 11) is 1.60. The number of thioether (sulfide) groups is 1. The largest absolute Gasteiger partial charge is 0.383 e. The zero-order valence-electron chi connectivity index (χ0n) is 17.0. The Balaban J connectivity index is 1.61. The summed E-state index contributed by atoms with van der Waals surface area (Å²) in [6.45, 7) is 2.88. The summed E-state index contributed by atoms with van der Waals surface area (Å²) in [5.74, 6) is 0.0520. The first-order valence-electron chi connectivity index (χ1n) is 10.2. The van der Waals surface area contributed by atoms with Crippen LogP contribution >= 0.6 is 24.0 Å². The molecule has 0 aliphatic carbocycles. The van der Waals surface area contributed by atoms with Gasteiger partial charge in [-0.3, -0.25) is 14.5 Å². The van der Waals surface area contributed by atoms with Gasteiger partial charge in [0.1, 0.15) is 10.9 Å². The minimum atomic E-state index is -0.0942. The van der Waals surface area contributed by atoms with Gasteiger partial charge >= 0.3 is 0 Å². The SMILES string of the molecule is COCCN1C(=O)/C(=C/c2cn(CC(=O)N3CCCCC3)c3ccccc23)SC1=S. The highest BCUT2D eigenvalue weighted by atomic mass is 32.2. The lowest BCUT2D eigenvalue weighted by Gasteiger charge is -2.27. The van der Waals surface area contributed by atoms with Gasteiger partial charge in [0.2, 0.25) is 5.91 Å². The minimum Gasteiger partial charge on any atom is -0.383 e. The zero-order chi connectivity index (χ0) is 21.1. The molecule has 0 bridgehead atoms. The van der Waals surface area contributed by atoms with Crippen molar-refractivity contribution in [1.82, 2.24) is 14.4 Å². The van der Waals surface area contributed by atoms with Crippen LogP contribution in [0.2, 0.25) is 0 Å². The molecule has 0 atom stereocenters. The second-order valence-corrected chi connectivity index (χ2v) is 9.17. The summed E-state index contributed by atoms with van der Waals surface area (Å²) in [5, 5.41) is 1.02. The van der Waals surface area contributed by atoms with Gasteiger partial charge in [0.05, 0.1) is 18.1 Å². The van der Waals surface area contributed by atoms with Gasteiger partial charge in [0.15, 0.2) is 0 Å². The van der Waals surface area contributed by atoms with Crippen LogP contribution in [-0.2, 0) is 20.9 Å². The maximum absolute atomic E-state index is 12.8. The molecule has 30 heavy (non-hydrogen) atoms. The molecule has 158 valence electrons. The van der Waals surface area contributed by atoms with E-state index in [-0.39, 0.29) is 11.8 Å². The number of likely N-dealkylation sites (tertiary alicyclic amines) is 1. The molecular weight excluding hydrogens is 418 g/mol. The predicted octanol–water partition coefficient (Wildman–Crippen LogP) is 3.50. The second-order valence-electron chi connectivity index (χ2n) is 7.50. The fourth-order valence-electron chi connectivity index (χ4n) is 3.93. The quantitative estimate of drug-likeness (QED) is 0.505. The highest BCUT2D eigenvalue weighted by molar-refractivity contribution is 8.26. The Bertz CT molecular complexity index is 1010. The monoisotopic (exact) mass is 443 g/mol. The Labute approximate surface area is 185 Å². The molecule has 0 N–H and O–H groups in total. The van der Waals surface area contributed by atoms with Gasteiger partial charge in [-0.1, -0.05) is 42.2 Å². The molecule has 0 radical (unpaired) electrons. The number of rotatable bonds is 6. The van der Waals surface area contributed by atoms with Crippen LogP contribution in [-0.4, -0.2) is 63.9 Å². The predicted molar refractivity (Wildman–Crippen MR) is 124 cm³/mol. The first-order valence-corrected chi connectivity index (χ1v) is 11.4. The molecule has 0 spiro atoms. The van der Waals surface area contributed by atoms with E-state index in [1.54, 1.807) is 12.0 Å². The topological polar surface area (TPSA) is 54.8 Å². The Morgan fingerprint density at radius 1 is 1.23 bits per heavy atom. The Kier molecular flexibility index (Phi) is 6.55. The molecule has 2 saturated heterocycles. The first-order chi connectivity index (χ1) is 14.6. The summed E-state index contributed by atoms with van der Waals surface area (Å²) in [4.78, 5) is 29.7. The third kappa shape index (κ3) is 4.31. The Hall–Kier alpha value is -2.16. The highest BCUT2D eigenvalue weighted by Gasteiger charge is 2.32. The van der Waals surface area contributed by atoms with Crippen LogP contribution in [0.5, 0.6) is 0 Å². The number of carbonyl (C=O) groups excluding carboxylic acids is 2. The van der Waals surface area contributed by atoms with E-state index in [2.05, 4.69) is 0 Å². The van der Waals surface area contributed by atoms with Crippen molar-refractivity contribution in [2.45, 2.75) is 25.8 Å². The van der Waals surface area contributed by atoms with Crippen molar-refractivity contribution in [3.63, 3.8) is 0 Å². The molecule has 2 fully saturated rings. The fourth-order valence-corrected chi connectivity index (χ4v) is 5.23. The molecular formula is C22H25N3O3S2. The number of carbonyl (C=O) groups is 2. The number of aromatic nitrogens is 1. The molecule has 8 heteroatoms. The van der Waals surface area contributed by atoms with Gasteiger partial charge < -0.3 is 14.2 Å². The number of para-hydroxylation sites is 1. The molecule has 6 nitrogen and oxygen atoms in total. The normalized spacial score (nSPS) is 18.8. The van der Waals surface area contributed by atoms with Crippen molar-refractivity contribution in [2.24, 2.45) is 0 Å². The van der Waals surface area contributed by atoms with Gasteiger partial charge in [-0.25, -0.2) is 0 Å². The van der Waals surface area contributed by atoms with Crippen LogP contribution < -0.4 is 0 Å². The molecule has 2 amide bonds. The minimum absolute atomic E-state index is 0.0942. The van der Waals surface area contributed by atoms with Crippen LogP contribution in [0.15, 0.2) is 35.4 Å². The molecule has 1 aromatic heterocycles. The van der Waals surface area contributed by atoms with E-state index in [1.807, 2.05) is 46.0 Å². The Morgan fingerprint density at radius 2 is 2.00 bits per heavy atom. The van der Waals surface area contributed by atoms with Crippen molar-refractivity contribution in [3.8, 4) is 0 Å². The number of hydrogen-bond acceptors (Lipinski definition) is 5. The third-order valence-electron chi connectivity index (χ3n) is 5.51. The van der Waals surface area contributed by atoms with Crippen molar-refractivity contribution in [3.05, 3.63) is 40.9 Å². The van der Waals surface area contributed by atoms with Gasteiger partial charge in [0.25, 0.3) is 5.91 Å². The van der Waals surface area contributed by atoms with Gasteiger partial charge in [0, 0.05) is 42.9 Å². The van der Waals surface area contributed by atoms with Crippen molar-refractivity contribution in [2.75, 3.05) is 33.4 Å². The number of fused-ring (bicyclic) bond motifs is 1. The maximum Gasteiger partial charge on any atom is 0.266 e. The molecule has 3 heterocycles. The van der Waals surface area contributed by atoms with Crippen LogP contribution in [0.4, 0.5) is 0 Å². The lowest BCUT2D eigenvalue weighted by atomic mass is 10.1. The van der Waals surface area contributed by atoms with Crippen LogP contribution in [0.25, 0.3) is 17.0 Å². The van der Waals surface area contributed by atoms with Crippen molar-refractivity contribution < 1.29 is 14.3 Å². The molecule has 2 aromatic rings. The standard InChI is InChI=1S/C22H25N3O3S2/c1-28-12-11-25-21(27)19(30-22(25)29)13-16-14-24(18-8-4-3-7-17(16)18)15-20(26)23-9-5-2-6-10-23/h3-4,7-8,13-14H,2,5-6,9-12,15H2,1H3/b19-13-. The summed E-state index contributed by atoms with van der Waals surface area (Å²) >= 11 is 6.68. The number of amides is 2. The number of methoxy groups -OCH3 is 1. The third-order valence-corrected chi connectivity index (χ3v) is 6.89. The van der Waals surface area contributed by atoms with Crippen molar-refractivity contribution in [1.29, 1.82) is 0 Å². The lowest BCUT2D eigenvalue weighted by Crippen LogP contribution is -2.37. The van der Waals surface area contributed by atoms with Gasteiger partial charge in [-0.2, -0.15) is 0 Å². The molecule has 0 saturated carbocycles. The molecule has 4 rings (SSSR count). The molecule has 2 aliphatic heterocycles.